The second-order valence-electron chi connectivity index (χ2n) is 7.97. The molecule has 0 aliphatic carbocycles. The summed E-state index contributed by atoms with van der Waals surface area (Å²) in [5.74, 6) is 1.36. The Morgan fingerprint density at radius 1 is 1.06 bits per heavy atom. The molecule has 0 saturated carbocycles. The van der Waals surface area contributed by atoms with Gasteiger partial charge >= 0.3 is 0 Å². The molecule has 0 atom stereocenters. The highest BCUT2D eigenvalue weighted by atomic mass is 32.2. The van der Waals surface area contributed by atoms with Crippen LogP contribution in [0.15, 0.2) is 58.5 Å². The lowest BCUT2D eigenvalue weighted by Crippen LogP contribution is -2.39. The van der Waals surface area contributed by atoms with Crippen molar-refractivity contribution in [2.45, 2.75) is 18.5 Å². The van der Waals surface area contributed by atoms with Crippen molar-refractivity contribution in [3.63, 3.8) is 0 Å². The van der Waals surface area contributed by atoms with Crippen molar-refractivity contribution in [1.29, 1.82) is 0 Å². The minimum Gasteiger partial charge on any atom is -0.497 e. The molecule has 2 aliphatic rings. The lowest BCUT2D eigenvalue weighted by molar-refractivity contribution is -0.113. The molecule has 0 aromatic heterocycles. The summed E-state index contributed by atoms with van der Waals surface area (Å²) < 4.78 is 10.6. The molecule has 2 aromatic carbocycles. The first-order chi connectivity index (χ1) is 15.5. The predicted octanol–water partition coefficient (Wildman–Crippen LogP) is 3.70. The lowest BCUT2D eigenvalue weighted by Gasteiger charge is -2.33. The first kappa shape index (κ1) is 22.4. The molecule has 1 fully saturated rings. The number of thioether (sulfide) groups is 1. The van der Waals surface area contributed by atoms with Gasteiger partial charge < -0.3 is 19.7 Å². The zero-order chi connectivity index (χ0) is 22.6. The number of hydrogen-bond acceptors (Lipinski definition) is 7. The summed E-state index contributed by atoms with van der Waals surface area (Å²) in [5, 5.41) is 3.76. The van der Waals surface area contributed by atoms with E-state index in [0.29, 0.717) is 17.2 Å². The normalized spacial score (nSPS) is 17.6. The lowest BCUT2D eigenvalue weighted by atomic mass is 9.99. The number of amides is 1. The number of methoxy groups -OCH3 is 2. The fourth-order valence-corrected chi connectivity index (χ4v) is 4.69. The van der Waals surface area contributed by atoms with Gasteiger partial charge in [0, 0.05) is 55.4 Å². The molecule has 1 spiro atoms. The smallest absolute Gasteiger partial charge is 0.234 e. The number of piperidine rings is 1. The van der Waals surface area contributed by atoms with E-state index in [9.17, 15) is 4.79 Å². The highest BCUT2D eigenvalue weighted by Crippen LogP contribution is 2.35. The van der Waals surface area contributed by atoms with Crippen LogP contribution < -0.4 is 14.8 Å². The maximum Gasteiger partial charge on any atom is 0.234 e. The molecule has 32 heavy (non-hydrogen) atoms. The minimum atomic E-state index is -0.406. The Hall–Kier alpha value is -2.84. The van der Waals surface area contributed by atoms with E-state index in [1.165, 1.54) is 11.8 Å². The van der Waals surface area contributed by atoms with E-state index in [0.717, 1.165) is 42.3 Å². The molecule has 7 nitrogen and oxygen atoms in total. The van der Waals surface area contributed by atoms with E-state index in [1.807, 2.05) is 30.3 Å². The van der Waals surface area contributed by atoms with Crippen molar-refractivity contribution in [2.75, 3.05) is 45.4 Å². The van der Waals surface area contributed by atoms with Crippen LogP contribution in [0.3, 0.4) is 0 Å². The third-order valence-electron chi connectivity index (χ3n) is 5.64. The Balaban J connectivity index is 1.48. The standard InChI is InChI=1S/C24H28N4O3S/c1-28-11-9-24(10-12-28)26-22(17-7-5-4-6-8-17)23(27-24)32-16-21(29)25-18-13-19(30-2)15-20(14-18)31-3/h4-8,13-15H,9-12,16H2,1-3H3,(H,25,29). The van der Waals surface area contributed by atoms with Gasteiger partial charge in [-0.25, -0.2) is 4.99 Å². The molecular weight excluding hydrogens is 424 g/mol. The van der Waals surface area contributed by atoms with E-state index >= 15 is 0 Å². The Morgan fingerprint density at radius 3 is 2.34 bits per heavy atom. The first-order valence-corrected chi connectivity index (χ1v) is 11.6. The van der Waals surface area contributed by atoms with Crippen LogP contribution in [0.4, 0.5) is 5.69 Å². The van der Waals surface area contributed by atoms with E-state index in [2.05, 4.69) is 17.3 Å². The van der Waals surface area contributed by atoms with Crippen molar-refractivity contribution in [3.8, 4) is 11.5 Å². The van der Waals surface area contributed by atoms with Crippen LogP contribution in [0.5, 0.6) is 11.5 Å². The van der Waals surface area contributed by atoms with Crippen molar-refractivity contribution in [1.82, 2.24) is 4.90 Å². The first-order valence-electron chi connectivity index (χ1n) is 10.6. The Morgan fingerprint density at radius 2 is 1.72 bits per heavy atom. The van der Waals surface area contributed by atoms with Gasteiger partial charge in [0.1, 0.15) is 16.5 Å². The SMILES string of the molecule is COc1cc(NC(=O)CSC2=NC3(CCN(C)CC3)N=C2c2ccccc2)cc(OC)c1. The van der Waals surface area contributed by atoms with Crippen LogP contribution >= 0.6 is 11.8 Å². The second kappa shape index (κ2) is 9.75. The van der Waals surface area contributed by atoms with E-state index in [-0.39, 0.29) is 11.7 Å². The molecular formula is C24H28N4O3S. The van der Waals surface area contributed by atoms with Crippen LogP contribution in [0.25, 0.3) is 0 Å². The van der Waals surface area contributed by atoms with E-state index in [4.69, 9.17) is 19.5 Å². The highest BCUT2D eigenvalue weighted by molar-refractivity contribution is 8.16. The summed E-state index contributed by atoms with van der Waals surface area (Å²) in [6, 6.07) is 15.4. The van der Waals surface area contributed by atoms with Crippen molar-refractivity contribution in [3.05, 3.63) is 54.1 Å². The molecule has 0 radical (unpaired) electrons. The zero-order valence-electron chi connectivity index (χ0n) is 18.6. The number of ether oxygens (including phenoxy) is 2. The molecule has 1 saturated heterocycles. The maximum absolute atomic E-state index is 12.7. The quantitative estimate of drug-likeness (QED) is 0.723. The number of carbonyl (C=O) groups excluding carboxylic acids is 1. The maximum atomic E-state index is 12.7. The Bertz CT molecular complexity index is 1010. The molecule has 2 aromatic rings. The molecule has 2 aliphatic heterocycles. The van der Waals surface area contributed by atoms with Crippen LogP contribution in [0, 0.1) is 0 Å². The summed E-state index contributed by atoms with van der Waals surface area (Å²) in [6.45, 7) is 1.93. The Kier molecular flexibility index (Phi) is 6.81. The third-order valence-corrected chi connectivity index (χ3v) is 6.61. The number of carbonyl (C=O) groups is 1. The van der Waals surface area contributed by atoms with Crippen LogP contribution in [-0.2, 0) is 4.79 Å². The van der Waals surface area contributed by atoms with Gasteiger partial charge in [-0.05, 0) is 7.05 Å². The van der Waals surface area contributed by atoms with E-state index in [1.54, 1.807) is 32.4 Å². The van der Waals surface area contributed by atoms with Crippen LogP contribution in [0.1, 0.15) is 18.4 Å². The molecule has 168 valence electrons. The molecule has 1 amide bonds. The molecule has 4 rings (SSSR count). The number of hydrogen-bond donors (Lipinski definition) is 1. The highest BCUT2D eigenvalue weighted by Gasteiger charge is 2.39. The average molecular weight is 453 g/mol. The van der Waals surface area contributed by atoms with Crippen LogP contribution in [0.2, 0.25) is 0 Å². The molecule has 0 unspecified atom stereocenters. The van der Waals surface area contributed by atoms with Crippen molar-refractivity contribution >= 4 is 34.1 Å². The number of rotatable bonds is 6. The monoisotopic (exact) mass is 452 g/mol. The summed E-state index contributed by atoms with van der Waals surface area (Å²) in [6.07, 6.45) is 1.78. The fraction of sp³-hybridized carbons (Fsp3) is 0.375. The summed E-state index contributed by atoms with van der Waals surface area (Å²) in [4.78, 5) is 25.1. The molecule has 1 N–H and O–H groups in total. The van der Waals surface area contributed by atoms with Gasteiger partial charge in [0.2, 0.25) is 5.91 Å². The van der Waals surface area contributed by atoms with Crippen LogP contribution in [-0.4, -0.2) is 67.3 Å². The predicted molar refractivity (Wildman–Crippen MR) is 131 cm³/mol. The molecule has 0 bridgehead atoms. The average Bonchev–Trinajstić information content (AvgIpc) is 3.18. The second-order valence-corrected chi connectivity index (χ2v) is 8.93. The number of nitrogens with one attached hydrogen (secondary N) is 1. The third kappa shape index (κ3) is 5.14. The summed E-state index contributed by atoms with van der Waals surface area (Å²) in [5.41, 5.74) is 2.14. The van der Waals surface area contributed by atoms with Gasteiger partial charge in [-0.3, -0.25) is 9.79 Å². The molecule has 8 heteroatoms. The number of likely N-dealkylation sites (tertiary alicyclic amines) is 1. The van der Waals surface area contributed by atoms with Gasteiger partial charge in [-0.1, -0.05) is 42.1 Å². The van der Waals surface area contributed by atoms with Gasteiger partial charge in [0.15, 0.2) is 5.66 Å². The fourth-order valence-electron chi connectivity index (χ4n) is 3.82. The van der Waals surface area contributed by atoms with Gasteiger partial charge in [-0.15, -0.1) is 0 Å². The summed E-state index contributed by atoms with van der Waals surface area (Å²) in [7, 11) is 5.29. The number of benzene rings is 2. The largest absolute Gasteiger partial charge is 0.497 e. The Labute approximate surface area is 192 Å². The van der Waals surface area contributed by atoms with E-state index < -0.39 is 5.66 Å². The topological polar surface area (TPSA) is 75.5 Å². The summed E-state index contributed by atoms with van der Waals surface area (Å²) >= 11 is 1.43. The number of anilines is 1. The van der Waals surface area contributed by atoms with Crippen molar-refractivity contribution in [2.24, 2.45) is 9.98 Å². The van der Waals surface area contributed by atoms with Crippen molar-refractivity contribution < 1.29 is 14.3 Å². The number of aliphatic imine (C=N–C) groups is 2. The minimum absolute atomic E-state index is 0.121. The number of nitrogens with zero attached hydrogens (tertiary/aromatic N) is 3. The molecule has 2 heterocycles. The van der Waals surface area contributed by atoms with Gasteiger partial charge in [0.05, 0.1) is 25.7 Å². The van der Waals surface area contributed by atoms with Gasteiger partial charge in [-0.2, -0.15) is 0 Å². The zero-order valence-corrected chi connectivity index (χ0v) is 19.4. The van der Waals surface area contributed by atoms with Gasteiger partial charge in [0.25, 0.3) is 0 Å².